The summed E-state index contributed by atoms with van der Waals surface area (Å²) in [4.78, 5) is 0. The van der Waals surface area contributed by atoms with Gasteiger partial charge >= 0.3 is 0 Å². The van der Waals surface area contributed by atoms with E-state index in [0.717, 1.165) is 25.0 Å². The summed E-state index contributed by atoms with van der Waals surface area (Å²) in [6, 6.07) is 7.56. The molecule has 3 heteroatoms. The molecule has 3 unspecified atom stereocenters. The van der Waals surface area contributed by atoms with Crippen molar-refractivity contribution in [3.8, 4) is 0 Å². The van der Waals surface area contributed by atoms with Crippen molar-refractivity contribution in [3.05, 3.63) is 35.6 Å². The average molecular weight is 251 g/mol. The number of halogens is 1. The lowest BCUT2D eigenvalue weighted by Crippen LogP contribution is -2.43. The minimum absolute atomic E-state index is 0.115. The monoisotopic (exact) mass is 251 g/mol. The van der Waals surface area contributed by atoms with Gasteiger partial charge in [0.05, 0.1) is 6.10 Å². The zero-order chi connectivity index (χ0) is 13.0. The predicted octanol–water partition coefficient (Wildman–Crippen LogP) is 2.91. The molecule has 1 heterocycles. The number of nitrogens with one attached hydrogen (secondary N) is 1. The van der Waals surface area contributed by atoms with Gasteiger partial charge in [-0.15, -0.1) is 0 Å². The average Bonchev–Trinajstić information content (AvgIpc) is 2.85. The van der Waals surface area contributed by atoms with E-state index < -0.39 is 0 Å². The fraction of sp³-hybridized carbons (Fsp3) is 0.600. The summed E-state index contributed by atoms with van der Waals surface area (Å²) in [5.74, 6) is -0.115. The molecule has 0 bridgehead atoms. The number of hydrogen-bond donors (Lipinski definition) is 1. The van der Waals surface area contributed by atoms with Crippen LogP contribution in [0.3, 0.4) is 0 Å². The maximum Gasteiger partial charge on any atom is 0.126 e. The van der Waals surface area contributed by atoms with E-state index in [-0.39, 0.29) is 11.9 Å². The molecule has 1 aromatic carbocycles. The Balaban J connectivity index is 1.84. The normalized spacial score (nSPS) is 22.9. The number of ether oxygens (including phenoxy) is 1. The molecule has 1 N–H and O–H groups in total. The van der Waals surface area contributed by atoms with Crippen LogP contribution in [0.2, 0.25) is 0 Å². The summed E-state index contributed by atoms with van der Waals surface area (Å²) in [5, 5.41) is 3.51. The molecule has 1 fully saturated rings. The van der Waals surface area contributed by atoms with E-state index in [1.54, 1.807) is 6.07 Å². The van der Waals surface area contributed by atoms with Gasteiger partial charge in [-0.3, -0.25) is 0 Å². The van der Waals surface area contributed by atoms with E-state index in [9.17, 15) is 4.39 Å². The molecule has 1 saturated heterocycles. The molecule has 0 aliphatic carbocycles. The third-order valence-corrected chi connectivity index (χ3v) is 3.55. The third kappa shape index (κ3) is 3.53. The fourth-order valence-electron chi connectivity index (χ4n) is 2.61. The molecule has 100 valence electrons. The number of benzene rings is 1. The van der Waals surface area contributed by atoms with Gasteiger partial charge in [0, 0.05) is 18.7 Å². The van der Waals surface area contributed by atoms with Crippen molar-refractivity contribution >= 4 is 0 Å². The highest BCUT2D eigenvalue weighted by Crippen LogP contribution is 2.16. The largest absolute Gasteiger partial charge is 0.377 e. The van der Waals surface area contributed by atoms with Gasteiger partial charge in [-0.2, -0.15) is 0 Å². The quantitative estimate of drug-likeness (QED) is 0.868. The topological polar surface area (TPSA) is 21.3 Å². The van der Waals surface area contributed by atoms with Crippen molar-refractivity contribution in [3.63, 3.8) is 0 Å². The number of hydrogen-bond acceptors (Lipinski definition) is 2. The van der Waals surface area contributed by atoms with Crippen LogP contribution in [0.5, 0.6) is 0 Å². The van der Waals surface area contributed by atoms with E-state index in [2.05, 4.69) is 19.2 Å². The maximum atomic E-state index is 13.5. The van der Waals surface area contributed by atoms with Crippen molar-refractivity contribution in [1.82, 2.24) is 5.32 Å². The molecule has 0 saturated carbocycles. The zero-order valence-corrected chi connectivity index (χ0v) is 11.2. The molecule has 18 heavy (non-hydrogen) atoms. The van der Waals surface area contributed by atoms with Gasteiger partial charge in [0.15, 0.2) is 0 Å². The molecular formula is C15H22FNO. The molecule has 1 aromatic rings. The summed E-state index contributed by atoms with van der Waals surface area (Å²) in [6.07, 6.45) is 3.30. The van der Waals surface area contributed by atoms with E-state index in [4.69, 9.17) is 4.74 Å². The van der Waals surface area contributed by atoms with Gasteiger partial charge in [0.2, 0.25) is 0 Å². The lowest BCUT2D eigenvalue weighted by atomic mass is 10.0. The molecule has 1 aliphatic heterocycles. The first-order chi connectivity index (χ1) is 8.66. The SMILES string of the molecule is CC(Cc1ccccc1F)NC(C)C1CCCO1. The van der Waals surface area contributed by atoms with Gasteiger partial charge < -0.3 is 10.1 Å². The Bertz CT molecular complexity index is 377. The Hall–Kier alpha value is -0.930. The highest BCUT2D eigenvalue weighted by atomic mass is 19.1. The summed E-state index contributed by atoms with van der Waals surface area (Å²) >= 11 is 0. The minimum Gasteiger partial charge on any atom is -0.377 e. The van der Waals surface area contributed by atoms with Crippen LogP contribution in [0, 0.1) is 5.82 Å². The molecule has 2 rings (SSSR count). The van der Waals surface area contributed by atoms with Gasteiger partial charge in [-0.25, -0.2) is 4.39 Å². The minimum atomic E-state index is -0.115. The molecule has 1 aliphatic rings. The van der Waals surface area contributed by atoms with Crippen LogP contribution >= 0.6 is 0 Å². The first-order valence-electron chi connectivity index (χ1n) is 6.78. The Labute approximate surface area is 109 Å². The van der Waals surface area contributed by atoms with Crippen LogP contribution in [-0.4, -0.2) is 24.8 Å². The summed E-state index contributed by atoms with van der Waals surface area (Å²) in [7, 11) is 0. The van der Waals surface area contributed by atoms with E-state index in [1.807, 2.05) is 12.1 Å². The highest BCUT2D eigenvalue weighted by molar-refractivity contribution is 5.18. The Morgan fingerprint density at radius 1 is 1.39 bits per heavy atom. The number of rotatable bonds is 5. The lowest BCUT2D eigenvalue weighted by molar-refractivity contribution is 0.0804. The van der Waals surface area contributed by atoms with Gasteiger partial charge in [0.1, 0.15) is 5.82 Å². The second-order valence-electron chi connectivity index (χ2n) is 5.20. The summed E-state index contributed by atoms with van der Waals surface area (Å²) in [5.41, 5.74) is 0.775. The van der Waals surface area contributed by atoms with Crippen molar-refractivity contribution in [2.75, 3.05) is 6.61 Å². The second-order valence-corrected chi connectivity index (χ2v) is 5.20. The van der Waals surface area contributed by atoms with Gasteiger partial charge in [-0.05, 0) is 44.7 Å². The Morgan fingerprint density at radius 2 is 2.17 bits per heavy atom. The van der Waals surface area contributed by atoms with Crippen LogP contribution in [0.25, 0.3) is 0 Å². The van der Waals surface area contributed by atoms with Crippen LogP contribution in [0.1, 0.15) is 32.3 Å². The summed E-state index contributed by atoms with van der Waals surface area (Å²) < 4.78 is 19.2. The Morgan fingerprint density at radius 3 is 2.83 bits per heavy atom. The van der Waals surface area contributed by atoms with Crippen LogP contribution < -0.4 is 5.32 Å². The molecule has 0 spiro atoms. The Kier molecular flexibility index (Phi) is 4.72. The molecule has 0 amide bonds. The molecule has 0 aromatic heterocycles. The standard InChI is InChI=1S/C15H22FNO/c1-11(10-13-6-3-4-7-14(13)16)17-12(2)15-8-5-9-18-15/h3-4,6-7,11-12,15,17H,5,8-10H2,1-2H3. The highest BCUT2D eigenvalue weighted by Gasteiger charge is 2.23. The third-order valence-electron chi connectivity index (χ3n) is 3.55. The molecule has 2 nitrogen and oxygen atoms in total. The first kappa shape index (κ1) is 13.5. The predicted molar refractivity (Wildman–Crippen MR) is 71.1 cm³/mol. The first-order valence-corrected chi connectivity index (χ1v) is 6.78. The van der Waals surface area contributed by atoms with Crippen LogP contribution in [0.4, 0.5) is 4.39 Å². The molecule has 3 atom stereocenters. The maximum absolute atomic E-state index is 13.5. The smallest absolute Gasteiger partial charge is 0.126 e. The van der Waals surface area contributed by atoms with E-state index in [0.29, 0.717) is 18.6 Å². The molecular weight excluding hydrogens is 229 g/mol. The van der Waals surface area contributed by atoms with E-state index in [1.165, 1.54) is 6.07 Å². The van der Waals surface area contributed by atoms with Crippen LogP contribution in [0.15, 0.2) is 24.3 Å². The molecule has 0 radical (unpaired) electrons. The summed E-state index contributed by atoms with van der Waals surface area (Å²) in [6.45, 7) is 5.12. The zero-order valence-electron chi connectivity index (χ0n) is 11.2. The van der Waals surface area contributed by atoms with Crippen LogP contribution in [-0.2, 0) is 11.2 Å². The van der Waals surface area contributed by atoms with Gasteiger partial charge in [0.25, 0.3) is 0 Å². The van der Waals surface area contributed by atoms with Gasteiger partial charge in [-0.1, -0.05) is 18.2 Å². The van der Waals surface area contributed by atoms with Crippen molar-refractivity contribution in [2.45, 2.75) is 51.3 Å². The lowest BCUT2D eigenvalue weighted by Gasteiger charge is -2.24. The van der Waals surface area contributed by atoms with Crippen molar-refractivity contribution in [1.29, 1.82) is 0 Å². The van der Waals surface area contributed by atoms with E-state index >= 15 is 0 Å². The fourth-order valence-corrected chi connectivity index (χ4v) is 2.61. The van der Waals surface area contributed by atoms with Crippen molar-refractivity contribution in [2.24, 2.45) is 0 Å². The second kappa shape index (κ2) is 6.30. The van der Waals surface area contributed by atoms with Crippen molar-refractivity contribution < 1.29 is 9.13 Å².